The lowest BCUT2D eigenvalue weighted by molar-refractivity contribution is 0.0619. The van der Waals surface area contributed by atoms with Gasteiger partial charge in [-0.05, 0) is 61.6 Å². The number of halogens is 1. The van der Waals surface area contributed by atoms with E-state index in [1.807, 2.05) is 18.2 Å². The summed E-state index contributed by atoms with van der Waals surface area (Å²) >= 11 is 4.85. The third kappa shape index (κ3) is 2.49. The van der Waals surface area contributed by atoms with Gasteiger partial charge < -0.3 is 10.2 Å². The molecule has 1 unspecified atom stereocenters. The summed E-state index contributed by atoms with van der Waals surface area (Å²) in [6.45, 7) is 3.36. The molecular formula is C15H16BrN3OS. The topological polar surface area (TPSA) is 45.2 Å². The fourth-order valence-corrected chi connectivity index (χ4v) is 4.55. The van der Waals surface area contributed by atoms with E-state index in [4.69, 9.17) is 0 Å². The number of aromatic nitrogens is 1. The van der Waals surface area contributed by atoms with Crippen LogP contribution in [0.1, 0.15) is 23.3 Å². The Labute approximate surface area is 135 Å². The number of carbonyl (C=O) groups is 1. The lowest BCUT2D eigenvalue weighted by Crippen LogP contribution is -2.57. The molecule has 0 saturated carbocycles. The van der Waals surface area contributed by atoms with Crippen LogP contribution in [0.15, 0.2) is 22.7 Å². The van der Waals surface area contributed by atoms with Crippen LogP contribution in [-0.2, 0) is 0 Å². The van der Waals surface area contributed by atoms with Crippen LogP contribution in [0.4, 0.5) is 0 Å². The van der Waals surface area contributed by atoms with Crippen LogP contribution in [0.5, 0.6) is 0 Å². The van der Waals surface area contributed by atoms with Crippen LogP contribution in [0.25, 0.3) is 10.1 Å². The summed E-state index contributed by atoms with van der Waals surface area (Å²) in [6, 6.07) is 6.24. The van der Waals surface area contributed by atoms with Crippen LogP contribution >= 0.6 is 27.5 Å². The maximum atomic E-state index is 12.6. The molecule has 2 bridgehead atoms. The van der Waals surface area contributed by atoms with Crippen LogP contribution in [-0.4, -0.2) is 40.9 Å². The fraction of sp³-hybridized carbons (Fsp3) is 0.467. The number of amides is 1. The zero-order valence-electron chi connectivity index (χ0n) is 11.5. The number of hydrogen-bond acceptors (Lipinski definition) is 4. The highest BCUT2D eigenvalue weighted by atomic mass is 79.9. The molecule has 4 nitrogen and oxygen atoms in total. The van der Waals surface area contributed by atoms with Gasteiger partial charge in [-0.15, -0.1) is 0 Å². The van der Waals surface area contributed by atoms with Gasteiger partial charge in [0.1, 0.15) is 5.69 Å². The van der Waals surface area contributed by atoms with Gasteiger partial charge in [0.25, 0.3) is 5.91 Å². The second kappa shape index (κ2) is 5.34. The number of benzene rings is 1. The highest BCUT2D eigenvalue weighted by Gasteiger charge is 2.35. The van der Waals surface area contributed by atoms with Crippen molar-refractivity contribution in [2.24, 2.45) is 5.92 Å². The second-order valence-corrected chi connectivity index (χ2v) is 7.61. The molecule has 4 heterocycles. The van der Waals surface area contributed by atoms with E-state index in [9.17, 15) is 4.79 Å². The third-order valence-electron chi connectivity index (χ3n) is 4.62. The van der Waals surface area contributed by atoms with Gasteiger partial charge in [-0.2, -0.15) is 4.37 Å². The molecule has 3 saturated heterocycles. The largest absolute Gasteiger partial charge is 0.346 e. The van der Waals surface area contributed by atoms with Gasteiger partial charge in [-0.1, -0.05) is 15.9 Å². The zero-order chi connectivity index (χ0) is 14.4. The lowest BCUT2D eigenvalue weighted by Gasteiger charge is -2.44. The minimum Gasteiger partial charge on any atom is -0.346 e. The number of hydrogen-bond donors (Lipinski definition) is 1. The van der Waals surface area contributed by atoms with Crippen molar-refractivity contribution in [2.75, 3.05) is 19.6 Å². The SMILES string of the molecule is O=C(NC1CN2CCC1CC2)c1nsc2ccc(Br)cc12. The van der Waals surface area contributed by atoms with Gasteiger partial charge in [0.15, 0.2) is 0 Å². The minimum absolute atomic E-state index is 0.0295. The van der Waals surface area contributed by atoms with Crippen molar-refractivity contribution in [3.05, 3.63) is 28.4 Å². The summed E-state index contributed by atoms with van der Waals surface area (Å²) in [7, 11) is 0. The fourth-order valence-electron chi connectivity index (χ4n) is 3.44. The van der Waals surface area contributed by atoms with E-state index in [2.05, 4.69) is 30.5 Å². The molecule has 21 heavy (non-hydrogen) atoms. The molecular weight excluding hydrogens is 350 g/mol. The average Bonchev–Trinajstić information content (AvgIpc) is 2.91. The molecule has 1 amide bonds. The number of carbonyl (C=O) groups excluding carboxylic acids is 1. The van der Waals surface area contributed by atoms with E-state index >= 15 is 0 Å². The molecule has 3 fully saturated rings. The average molecular weight is 366 g/mol. The Bertz CT molecular complexity index is 693. The predicted octanol–water partition coefficient (Wildman–Crippen LogP) is 2.88. The Balaban J connectivity index is 1.57. The second-order valence-electron chi connectivity index (χ2n) is 5.89. The molecule has 3 aliphatic heterocycles. The van der Waals surface area contributed by atoms with Crippen molar-refractivity contribution in [2.45, 2.75) is 18.9 Å². The molecule has 0 aliphatic carbocycles. The summed E-state index contributed by atoms with van der Waals surface area (Å²) in [4.78, 5) is 15.0. The van der Waals surface area contributed by atoms with E-state index in [0.717, 1.165) is 21.1 Å². The van der Waals surface area contributed by atoms with Crippen molar-refractivity contribution in [1.29, 1.82) is 0 Å². The lowest BCUT2D eigenvalue weighted by atomic mass is 9.84. The maximum Gasteiger partial charge on any atom is 0.271 e. The maximum absolute atomic E-state index is 12.6. The minimum atomic E-state index is -0.0295. The quantitative estimate of drug-likeness (QED) is 0.889. The molecule has 110 valence electrons. The van der Waals surface area contributed by atoms with E-state index in [0.29, 0.717) is 11.6 Å². The molecule has 1 N–H and O–H groups in total. The Morgan fingerprint density at radius 2 is 2.19 bits per heavy atom. The summed E-state index contributed by atoms with van der Waals surface area (Å²) in [5, 5.41) is 4.15. The first-order valence-electron chi connectivity index (χ1n) is 7.29. The Kier molecular flexibility index (Phi) is 3.47. The van der Waals surface area contributed by atoms with E-state index < -0.39 is 0 Å². The monoisotopic (exact) mass is 365 g/mol. The van der Waals surface area contributed by atoms with Crippen molar-refractivity contribution in [1.82, 2.24) is 14.6 Å². The summed E-state index contributed by atoms with van der Waals surface area (Å²) in [5.74, 6) is 0.605. The number of nitrogens with zero attached hydrogens (tertiary/aromatic N) is 2. The molecule has 3 aliphatic rings. The van der Waals surface area contributed by atoms with Crippen LogP contribution in [0.2, 0.25) is 0 Å². The molecule has 2 aromatic rings. The van der Waals surface area contributed by atoms with Crippen molar-refractivity contribution < 1.29 is 4.79 Å². The first-order valence-corrected chi connectivity index (χ1v) is 8.85. The molecule has 1 aromatic heterocycles. The molecule has 0 radical (unpaired) electrons. The highest BCUT2D eigenvalue weighted by molar-refractivity contribution is 9.10. The van der Waals surface area contributed by atoms with Crippen LogP contribution in [0.3, 0.4) is 0 Å². The molecule has 0 spiro atoms. The van der Waals surface area contributed by atoms with Gasteiger partial charge in [0.2, 0.25) is 0 Å². The predicted molar refractivity (Wildman–Crippen MR) is 87.7 cm³/mol. The normalized spacial score (nSPS) is 28.0. The van der Waals surface area contributed by atoms with Crippen molar-refractivity contribution in [3.63, 3.8) is 0 Å². The molecule has 5 rings (SSSR count). The smallest absolute Gasteiger partial charge is 0.271 e. The number of nitrogens with one attached hydrogen (secondary N) is 1. The van der Waals surface area contributed by atoms with Gasteiger partial charge in [0, 0.05) is 22.4 Å². The van der Waals surface area contributed by atoms with E-state index in [1.54, 1.807) is 0 Å². The zero-order valence-corrected chi connectivity index (χ0v) is 13.9. The van der Waals surface area contributed by atoms with E-state index in [1.165, 1.54) is 37.5 Å². The number of rotatable bonds is 2. The highest BCUT2D eigenvalue weighted by Crippen LogP contribution is 2.29. The number of piperidine rings is 3. The van der Waals surface area contributed by atoms with Gasteiger partial charge in [-0.3, -0.25) is 4.79 Å². The van der Waals surface area contributed by atoms with Crippen molar-refractivity contribution >= 4 is 43.5 Å². The summed E-state index contributed by atoms with van der Waals surface area (Å²) in [6.07, 6.45) is 2.41. The first kappa shape index (κ1) is 13.7. The molecule has 1 aromatic carbocycles. The summed E-state index contributed by atoms with van der Waals surface area (Å²) < 4.78 is 6.39. The van der Waals surface area contributed by atoms with Gasteiger partial charge >= 0.3 is 0 Å². The third-order valence-corrected chi connectivity index (χ3v) is 5.94. The number of fused-ring (bicyclic) bond motifs is 4. The first-order chi connectivity index (χ1) is 10.2. The van der Waals surface area contributed by atoms with E-state index in [-0.39, 0.29) is 11.9 Å². The van der Waals surface area contributed by atoms with Crippen LogP contribution < -0.4 is 5.32 Å². The molecule has 1 atom stereocenters. The molecule has 6 heteroatoms. The summed E-state index contributed by atoms with van der Waals surface area (Å²) in [5.41, 5.74) is 0.563. The van der Waals surface area contributed by atoms with Gasteiger partial charge in [0.05, 0.1) is 4.70 Å². The standard InChI is InChI=1S/C15H16BrN3OS/c16-10-1-2-13-11(7-10)14(18-21-13)15(20)17-12-8-19-5-3-9(12)4-6-19/h1-2,7,9,12H,3-6,8H2,(H,17,20). The van der Waals surface area contributed by atoms with Gasteiger partial charge in [-0.25, -0.2) is 0 Å². The Morgan fingerprint density at radius 3 is 2.90 bits per heavy atom. The van der Waals surface area contributed by atoms with Crippen molar-refractivity contribution in [3.8, 4) is 0 Å². The van der Waals surface area contributed by atoms with Crippen LogP contribution in [0, 0.1) is 5.92 Å². The Morgan fingerprint density at radius 1 is 1.38 bits per heavy atom. The Hall–Kier alpha value is -0.980.